The van der Waals surface area contributed by atoms with Gasteiger partial charge in [-0.25, -0.2) is 4.98 Å². The third-order valence-electron chi connectivity index (χ3n) is 3.59. The van der Waals surface area contributed by atoms with Gasteiger partial charge in [0.25, 0.3) is 5.22 Å². The van der Waals surface area contributed by atoms with E-state index in [1.165, 1.54) is 25.7 Å². The first-order valence-corrected chi connectivity index (χ1v) is 7.42. The summed E-state index contributed by atoms with van der Waals surface area (Å²) in [5, 5.41) is 1.41. The predicted octanol–water partition coefficient (Wildman–Crippen LogP) is 4.08. The Morgan fingerprint density at radius 1 is 1.39 bits per heavy atom. The van der Waals surface area contributed by atoms with Crippen molar-refractivity contribution in [2.75, 3.05) is 5.73 Å². The van der Waals surface area contributed by atoms with Crippen LogP contribution in [0.15, 0.2) is 27.8 Å². The summed E-state index contributed by atoms with van der Waals surface area (Å²) in [5.41, 5.74) is 8.18. The molecule has 2 unspecified atom stereocenters. The molecule has 3 rings (SSSR count). The van der Waals surface area contributed by atoms with Crippen LogP contribution >= 0.6 is 11.8 Å². The molecule has 2 aromatic rings. The van der Waals surface area contributed by atoms with Gasteiger partial charge in [0.15, 0.2) is 5.58 Å². The molecule has 96 valence electrons. The smallest absolute Gasteiger partial charge is 0.257 e. The number of nitrogen functional groups attached to an aromatic ring is 1. The lowest BCUT2D eigenvalue weighted by atomic mass is 9.91. The molecular formula is C14H18N2OS. The molecule has 0 radical (unpaired) electrons. The molecular weight excluding hydrogens is 244 g/mol. The molecule has 4 heteroatoms. The Balaban J connectivity index is 1.80. The second kappa shape index (κ2) is 4.84. The first-order valence-electron chi connectivity index (χ1n) is 6.54. The average molecular weight is 262 g/mol. The molecule has 0 bridgehead atoms. The Bertz CT molecular complexity index is 552. The van der Waals surface area contributed by atoms with Crippen LogP contribution in [0.1, 0.15) is 32.6 Å². The SMILES string of the molecule is CC1CCCC(Sc2nc3c(N)cccc3o2)C1. The Kier molecular flexibility index (Phi) is 3.20. The molecule has 2 atom stereocenters. The summed E-state index contributed by atoms with van der Waals surface area (Å²) in [7, 11) is 0. The minimum Gasteiger partial charge on any atom is -0.431 e. The number of thioether (sulfide) groups is 1. The number of rotatable bonds is 2. The fourth-order valence-electron chi connectivity index (χ4n) is 2.63. The van der Waals surface area contributed by atoms with Gasteiger partial charge in [-0.1, -0.05) is 37.6 Å². The molecule has 1 aromatic heterocycles. The van der Waals surface area contributed by atoms with Gasteiger partial charge in [0.05, 0.1) is 5.69 Å². The number of hydrogen-bond donors (Lipinski definition) is 1. The molecule has 0 saturated heterocycles. The lowest BCUT2D eigenvalue weighted by Crippen LogP contribution is -2.14. The van der Waals surface area contributed by atoms with Crippen LogP contribution in [0.2, 0.25) is 0 Å². The van der Waals surface area contributed by atoms with E-state index in [2.05, 4.69) is 11.9 Å². The highest BCUT2D eigenvalue weighted by Gasteiger charge is 2.22. The highest BCUT2D eigenvalue weighted by molar-refractivity contribution is 7.99. The topological polar surface area (TPSA) is 52.0 Å². The Morgan fingerprint density at radius 2 is 2.28 bits per heavy atom. The van der Waals surface area contributed by atoms with E-state index in [1.54, 1.807) is 11.8 Å². The number of nitrogens with two attached hydrogens (primary N) is 1. The fourth-order valence-corrected chi connectivity index (χ4v) is 3.90. The number of benzene rings is 1. The van der Waals surface area contributed by atoms with Gasteiger partial charge in [0, 0.05) is 5.25 Å². The van der Waals surface area contributed by atoms with Crippen molar-refractivity contribution in [1.82, 2.24) is 4.98 Å². The maximum Gasteiger partial charge on any atom is 0.257 e. The summed E-state index contributed by atoms with van der Waals surface area (Å²) in [5.74, 6) is 0.825. The van der Waals surface area contributed by atoms with Crippen LogP contribution in [0.4, 0.5) is 5.69 Å². The second-order valence-electron chi connectivity index (χ2n) is 5.19. The lowest BCUT2D eigenvalue weighted by molar-refractivity contribution is 0.391. The van der Waals surface area contributed by atoms with E-state index in [9.17, 15) is 0 Å². The third-order valence-corrected chi connectivity index (χ3v) is 4.72. The van der Waals surface area contributed by atoms with Crippen LogP contribution in [-0.2, 0) is 0 Å². The predicted molar refractivity (Wildman–Crippen MR) is 75.7 cm³/mol. The van der Waals surface area contributed by atoms with Gasteiger partial charge in [0.2, 0.25) is 0 Å². The monoisotopic (exact) mass is 262 g/mol. The van der Waals surface area contributed by atoms with Crippen molar-refractivity contribution < 1.29 is 4.42 Å². The molecule has 1 aliphatic rings. The quantitative estimate of drug-likeness (QED) is 0.828. The van der Waals surface area contributed by atoms with Crippen molar-refractivity contribution in [3.63, 3.8) is 0 Å². The van der Waals surface area contributed by atoms with Gasteiger partial charge in [-0.3, -0.25) is 0 Å². The van der Waals surface area contributed by atoms with Gasteiger partial charge >= 0.3 is 0 Å². The first kappa shape index (κ1) is 11.9. The van der Waals surface area contributed by atoms with Crippen molar-refractivity contribution >= 4 is 28.5 Å². The number of fused-ring (bicyclic) bond motifs is 1. The minimum atomic E-state index is 0.642. The van der Waals surface area contributed by atoms with Crippen LogP contribution in [0, 0.1) is 5.92 Å². The van der Waals surface area contributed by atoms with Crippen molar-refractivity contribution in [2.45, 2.75) is 43.1 Å². The van der Waals surface area contributed by atoms with Crippen LogP contribution in [0.25, 0.3) is 11.1 Å². The highest BCUT2D eigenvalue weighted by atomic mass is 32.2. The molecule has 1 aromatic carbocycles. The van der Waals surface area contributed by atoms with Gasteiger partial charge in [-0.2, -0.15) is 0 Å². The van der Waals surface area contributed by atoms with Gasteiger partial charge in [0.1, 0.15) is 5.52 Å². The summed E-state index contributed by atoms with van der Waals surface area (Å²) in [6.45, 7) is 2.33. The van der Waals surface area contributed by atoms with E-state index in [-0.39, 0.29) is 0 Å². The van der Waals surface area contributed by atoms with E-state index in [1.807, 2.05) is 18.2 Å². The van der Waals surface area contributed by atoms with Crippen LogP contribution < -0.4 is 5.73 Å². The number of hydrogen-bond acceptors (Lipinski definition) is 4. The molecule has 0 aliphatic heterocycles. The summed E-state index contributed by atoms with van der Waals surface area (Å²) in [6, 6.07) is 5.69. The molecule has 18 heavy (non-hydrogen) atoms. The minimum absolute atomic E-state index is 0.642. The van der Waals surface area contributed by atoms with Crippen molar-refractivity contribution in [2.24, 2.45) is 5.92 Å². The van der Waals surface area contributed by atoms with Gasteiger partial charge in [-0.05, 0) is 30.9 Å². The average Bonchev–Trinajstić information content (AvgIpc) is 2.73. The van der Waals surface area contributed by atoms with Crippen molar-refractivity contribution in [3.8, 4) is 0 Å². The lowest BCUT2D eigenvalue weighted by Gasteiger charge is -2.24. The molecule has 0 spiro atoms. The van der Waals surface area contributed by atoms with Crippen LogP contribution in [0.5, 0.6) is 0 Å². The molecule has 1 fully saturated rings. The molecule has 1 saturated carbocycles. The zero-order valence-electron chi connectivity index (χ0n) is 10.6. The Labute approximate surface area is 111 Å². The summed E-state index contributed by atoms with van der Waals surface area (Å²) in [6.07, 6.45) is 5.21. The molecule has 1 heterocycles. The maximum absolute atomic E-state index is 5.89. The first-order chi connectivity index (χ1) is 8.72. The van der Waals surface area contributed by atoms with E-state index in [4.69, 9.17) is 10.2 Å². The van der Waals surface area contributed by atoms with E-state index < -0.39 is 0 Å². The van der Waals surface area contributed by atoms with Crippen molar-refractivity contribution in [1.29, 1.82) is 0 Å². The standard InChI is InChI=1S/C14H18N2OS/c1-9-4-2-5-10(8-9)18-14-16-13-11(15)6-3-7-12(13)17-14/h3,6-7,9-10H,2,4-5,8,15H2,1H3. The molecule has 0 amide bonds. The maximum atomic E-state index is 5.89. The van der Waals surface area contributed by atoms with Crippen LogP contribution in [-0.4, -0.2) is 10.2 Å². The number of aromatic nitrogens is 1. The number of anilines is 1. The zero-order valence-corrected chi connectivity index (χ0v) is 11.4. The van der Waals surface area contributed by atoms with Crippen molar-refractivity contribution in [3.05, 3.63) is 18.2 Å². The Morgan fingerprint density at radius 3 is 3.06 bits per heavy atom. The summed E-state index contributed by atoms with van der Waals surface area (Å²) >= 11 is 1.77. The summed E-state index contributed by atoms with van der Waals surface area (Å²) < 4.78 is 5.76. The largest absolute Gasteiger partial charge is 0.431 e. The second-order valence-corrected chi connectivity index (χ2v) is 6.44. The summed E-state index contributed by atoms with van der Waals surface area (Å²) in [4.78, 5) is 4.50. The molecule has 2 N–H and O–H groups in total. The molecule has 3 nitrogen and oxygen atoms in total. The van der Waals surface area contributed by atoms with E-state index in [0.29, 0.717) is 10.9 Å². The number of para-hydroxylation sites is 1. The highest BCUT2D eigenvalue weighted by Crippen LogP contribution is 2.37. The van der Waals surface area contributed by atoms with E-state index >= 15 is 0 Å². The number of nitrogens with zero attached hydrogens (tertiary/aromatic N) is 1. The number of oxazole rings is 1. The molecule has 1 aliphatic carbocycles. The fraction of sp³-hybridized carbons (Fsp3) is 0.500. The Hall–Kier alpha value is -1.16. The van der Waals surface area contributed by atoms with Gasteiger partial charge < -0.3 is 10.2 Å². The third kappa shape index (κ3) is 2.34. The van der Waals surface area contributed by atoms with E-state index in [0.717, 1.165) is 22.2 Å². The normalized spacial score (nSPS) is 24.5. The van der Waals surface area contributed by atoms with Crippen LogP contribution in [0.3, 0.4) is 0 Å². The van der Waals surface area contributed by atoms with Gasteiger partial charge in [-0.15, -0.1) is 0 Å². The zero-order chi connectivity index (χ0) is 12.5.